The van der Waals surface area contributed by atoms with Crippen LogP contribution in [0.2, 0.25) is 12.1 Å². The highest BCUT2D eigenvalue weighted by Crippen LogP contribution is 2.23. The molecule has 0 N–H and O–H groups in total. The summed E-state index contributed by atoms with van der Waals surface area (Å²) in [6.07, 6.45) is 6.68. The molecule has 1 aromatic rings. The maximum atomic E-state index is 6.46. The second kappa shape index (κ2) is 6.30. The van der Waals surface area contributed by atoms with Gasteiger partial charge >= 0.3 is 0 Å². The molecule has 0 bridgehead atoms. The van der Waals surface area contributed by atoms with Crippen molar-refractivity contribution in [1.29, 1.82) is 0 Å². The van der Waals surface area contributed by atoms with Crippen molar-refractivity contribution < 1.29 is 4.43 Å². The van der Waals surface area contributed by atoms with Crippen LogP contribution in [0.15, 0.2) is 18.7 Å². The van der Waals surface area contributed by atoms with Gasteiger partial charge in [0.05, 0.1) is 6.33 Å². The Balaban J connectivity index is 2.28. The summed E-state index contributed by atoms with van der Waals surface area (Å²) in [7, 11) is -1.92. The van der Waals surface area contributed by atoms with E-state index in [4.69, 9.17) is 15.5 Å². The molecule has 0 saturated carbocycles. The first kappa shape index (κ1) is 12.7. The summed E-state index contributed by atoms with van der Waals surface area (Å²) >= 11 is 6.46. The van der Waals surface area contributed by atoms with Crippen LogP contribution in [0.5, 0.6) is 0 Å². The summed E-state index contributed by atoms with van der Waals surface area (Å²) in [5, 5.41) is 0. The molecule has 0 aliphatic carbocycles. The van der Waals surface area contributed by atoms with Crippen LogP contribution >= 0.6 is 11.1 Å². The second-order valence-electron chi connectivity index (χ2n) is 3.57. The van der Waals surface area contributed by atoms with Gasteiger partial charge in [-0.2, -0.15) is 0 Å². The number of aryl methyl sites for hydroxylation is 1. The van der Waals surface area contributed by atoms with E-state index in [1.807, 2.05) is 19.4 Å². The van der Waals surface area contributed by atoms with Crippen LogP contribution in [0, 0.1) is 0 Å². The molecule has 3 nitrogen and oxygen atoms in total. The molecule has 0 aliphatic rings. The summed E-state index contributed by atoms with van der Waals surface area (Å²) < 4.78 is 7.75. The Morgan fingerprint density at radius 3 is 2.80 bits per heavy atom. The third-order valence-corrected chi connectivity index (χ3v) is 7.11. The lowest BCUT2D eigenvalue weighted by molar-refractivity contribution is 0.333. The van der Waals surface area contributed by atoms with Crippen molar-refractivity contribution in [3.63, 3.8) is 0 Å². The van der Waals surface area contributed by atoms with Gasteiger partial charge < -0.3 is 8.99 Å². The monoisotopic (exact) mass is 246 g/mol. The second-order valence-corrected chi connectivity index (χ2v) is 8.90. The molecule has 0 aliphatic heterocycles. The molecule has 1 heterocycles. The van der Waals surface area contributed by atoms with Gasteiger partial charge in [-0.25, -0.2) is 4.98 Å². The predicted molar refractivity (Wildman–Crippen MR) is 65.4 cm³/mol. The minimum atomic E-state index is -1.92. The number of hydrogen-bond donors (Lipinski definition) is 0. The van der Waals surface area contributed by atoms with Crippen LogP contribution in [0.1, 0.15) is 20.3 Å². The molecule has 1 aromatic heterocycles. The van der Waals surface area contributed by atoms with E-state index in [1.54, 1.807) is 6.20 Å². The Morgan fingerprint density at radius 2 is 2.27 bits per heavy atom. The standard InChI is InChI=1S/C10H19ClN2OSi/c1-3-14-15(11,4-2)9-5-7-13-8-6-12-10-13/h6,8,10H,3-5,7,9H2,1-2H3. The lowest BCUT2D eigenvalue weighted by atomic mass is 10.5. The summed E-state index contributed by atoms with van der Waals surface area (Å²) in [6.45, 7) is 5.84. The van der Waals surface area contributed by atoms with Gasteiger partial charge in [-0.1, -0.05) is 6.92 Å². The maximum Gasteiger partial charge on any atom is 0.289 e. The minimum Gasteiger partial charge on any atom is -0.403 e. The van der Waals surface area contributed by atoms with Gasteiger partial charge in [-0.05, 0) is 25.4 Å². The molecule has 0 spiro atoms. The minimum absolute atomic E-state index is 0.731. The van der Waals surface area contributed by atoms with E-state index >= 15 is 0 Å². The van der Waals surface area contributed by atoms with Crippen LogP contribution < -0.4 is 0 Å². The van der Waals surface area contributed by atoms with Gasteiger partial charge in [-0.3, -0.25) is 0 Å². The van der Waals surface area contributed by atoms with Crippen molar-refractivity contribution in [2.45, 2.75) is 38.9 Å². The lowest BCUT2D eigenvalue weighted by Crippen LogP contribution is -2.30. The van der Waals surface area contributed by atoms with E-state index < -0.39 is 7.63 Å². The van der Waals surface area contributed by atoms with E-state index in [2.05, 4.69) is 16.5 Å². The van der Waals surface area contributed by atoms with Crippen molar-refractivity contribution in [3.8, 4) is 0 Å². The molecule has 1 unspecified atom stereocenters. The zero-order valence-electron chi connectivity index (χ0n) is 9.45. The summed E-state index contributed by atoms with van der Waals surface area (Å²) in [5.74, 6) is 0. The Labute approximate surface area is 97.3 Å². The van der Waals surface area contributed by atoms with Gasteiger partial charge in [-0.15, -0.1) is 11.1 Å². The molecule has 0 fully saturated rings. The van der Waals surface area contributed by atoms with E-state index in [9.17, 15) is 0 Å². The first-order valence-corrected chi connectivity index (χ1v) is 8.82. The molecule has 0 amide bonds. The molecule has 1 atom stereocenters. The van der Waals surface area contributed by atoms with Gasteiger partial charge in [0.25, 0.3) is 7.63 Å². The Hall–Kier alpha value is -0.323. The molecule has 5 heteroatoms. The number of imidazole rings is 1. The summed E-state index contributed by atoms with van der Waals surface area (Å²) in [4.78, 5) is 4.00. The van der Waals surface area contributed by atoms with Crippen LogP contribution in [-0.2, 0) is 11.0 Å². The Bertz CT molecular complexity index is 268. The highest BCUT2D eigenvalue weighted by molar-refractivity contribution is 7.16. The molecule has 86 valence electrons. The number of hydrogen-bond acceptors (Lipinski definition) is 2. The van der Waals surface area contributed by atoms with Gasteiger partial charge in [0.15, 0.2) is 0 Å². The average Bonchev–Trinajstić information content (AvgIpc) is 2.71. The number of nitrogens with zero attached hydrogens (tertiary/aromatic N) is 2. The largest absolute Gasteiger partial charge is 0.403 e. The number of rotatable bonds is 7. The zero-order valence-corrected chi connectivity index (χ0v) is 11.2. The molecule has 15 heavy (non-hydrogen) atoms. The van der Waals surface area contributed by atoms with Crippen LogP contribution in [-0.4, -0.2) is 23.8 Å². The van der Waals surface area contributed by atoms with Gasteiger partial charge in [0.1, 0.15) is 0 Å². The Kier molecular flexibility index (Phi) is 5.35. The van der Waals surface area contributed by atoms with E-state index in [-0.39, 0.29) is 0 Å². The first-order valence-electron chi connectivity index (χ1n) is 5.49. The molecule has 0 saturated heterocycles. The van der Waals surface area contributed by atoms with Crippen LogP contribution in [0.4, 0.5) is 0 Å². The van der Waals surface area contributed by atoms with Crippen LogP contribution in [0.3, 0.4) is 0 Å². The molecule has 0 aromatic carbocycles. The first-order chi connectivity index (χ1) is 7.20. The van der Waals surface area contributed by atoms with E-state index in [0.29, 0.717) is 0 Å². The Morgan fingerprint density at radius 1 is 1.47 bits per heavy atom. The van der Waals surface area contributed by atoms with Crippen LogP contribution in [0.25, 0.3) is 0 Å². The van der Waals surface area contributed by atoms with Crippen molar-refractivity contribution >= 4 is 18.7 Å². The molecular formula is C10H19ClN2OSi. The summed E-state index contributed by atoms with van der Waals surface area (Å²) in [5.41, 5.74) is 0. The maximum absolute atomic E-state index is 6.46. The van der Waals surface area contributed by atoms with Gasteiger partial charge in [0.2, 0.25) is 0 Å². The number of halogens is 1. The molecule has 0 radical (unpaired) electrons. The van der Waals surface area contributed by atoms with E-state index in [0.717, 1.165) is 31.7 Å². The predicted octanol–water partition coefficient (Wildman–Crippen LogP) is 3.01. The average molecular weight is 247 g/mol. The third kappa shape index (κ3) is 4.36. The molecular weight excluding hydrogens is 228 g/mol. The highest BCUT2D eigenvalue weighted by atomic mass is 35.6. The fourth-order valence-electron chi connectivity index (χ4n) is 1.55. The third-order valence-electron chi connectivity index (χ3n) is 2.46. The fourth-order valence-corrected chi connectivity index (χ4v) is 4.19. The fraction of sp³-hybridized carbons (Fsp3) is 0.700. The van der Waals surface area contributed by atoms with E-state index in [1.165, 1.54) is 0 Å². The highest BCUT2D eigenvalue weighted by Gasteiger charge is 2.29. The SMILES string of the molecule is CCO[Si](Cl)(CC)CCCn1ccnc1. The van der Waals surface area contributed by atoms with Crippen molar-refractivity contribution in [2.24, 2.45) is 0 Å². The normalized spacial score (nSPS) is 15.1. The van der Waals surface area contributed by atoms with Gasteiger partial charge in [0, 0.05) is 25.5 Å². The lowest BCUT2D eigenvalue weighted by Gasteiger charge is -2.22. The summed E-state index contributed by atoms with van der Waals surface area (Å²) in [6, 6.07) is 1.99. The van der Waals surface area contributed by atoms with Crippen molar-refractivity contribution in [3.05, 3.63) is 18.7 Å². The zero-order chi connectivity index (χ0) is 11.1. The molecule has 1 rings (SSSR count). The number of aromatic nitrogens is 2. The smallest absolute Gasteiger partial charge is 0.289 e. The quantitative estimate of drug-likeness (QED) is 0.546. The van der Waals surface area contributed by atoms with Crippen molar-refractivity contribution in [2.75, 3.05) is 6.61 Å². The topological polar surface area (TPSA) is 27.1 Å². The van der Waals surface area contributed by atoms with Crippen molar-refractivity contribution in [1.82, 2.24) is 9.55 Å².